The van der Waals surface area contributed by atoms with Crippen molar-refractivity contribution in [2.45, 2.75) is 27.2 Å². The minimum Gasteiger partial charge on any atom is -0.481 e. The lowest BCUT2D eigenvalue weighted by atomic mass is 10.2. The molecule has 0 aliphatic carbocycles. The average Bonchev–Trinajstić information content (AvgIpc) is 2.69. The zero-order valence-corrected chi connectivity index (χ0v) is 12.7. The fraction of sp³-hybridized carbons (Fsp3) is 0.500. The molecular weight excluding hydrogens is 254 g/mol. The molecule has 2 heterocycles. The van der Waals surface area contributed by atoms with Crippen LogP contribution >= 0.6 is 0 Å². The molecule has 0 aliphatic rings. The molecule has 6 nitrogen and oxygen atoms in total. The van der Waals surface area contributed by atoms with Gasteiger partial charge in [0.05, 0.1) is 12.8 Å². The van der Waals surface area contributed by atoms with Crippen molar-refractivity contribution in [3.05, 3.63) is 17.5 Å². The van der Waals surface area contributed by atoms with E-state index in [1.54, 1.807) is 11.8 Å². The summed E-state index contributed by atoms with van der Waals surface area (Å²) in [5, 5.41) is 7.66. The van der Waals surface area contributed by atoms with Crippen molar-refractivity contribution < 1.29 is 4.74 Å². The van der Waals surface area contributed by atoms with Crippen molar-refractivity contribution in [3.8, 4) is 17.3 Å². The third kappa shape index (κ3) is 2.74. The first kappa shape index (κ1) is 14.3. The van der Waals surface area contributed by atoms with Gasteiger partial charge >= 0.3 is 0 Å². The summed E-state index contributed by atoms with van der Waals surface area (Å²) in [6, 6.07) is 1.94. The van der Waals surface area contributed by atoms with Gasteiger partial charge in [-0.2, -0.15) is 5.10 Å². The highest BCUT2D eigenvalue weighted by Crippen LogP contribution is 2.30. The quantitative estimate of drug-likeness (QED) is 0.907. The smallest absolute Gasteiger partial charge is 0.222 e. The van der Waals surface area contributed by atoms with E-state index in [1.807, 2.05) is 27.0 Å². The number of anilines is 1. The van der Waals surface area contributed by atoms with Gasteiger partial charge in [0.2, 0.25) is 5.88 Å². The van der Waals surface area contributed by atoms with E-state index < -0.39 is 0 Å². The van der Waals surface area contributed by atoms with E-state index >= 15 is 0 Å². The first-order valence-electron chi connectivity index (χ1n) is 6.74. The highest BCUT2D eigenvalue weighted by Gasteiger charge is 2.19. The topological polar surface area (TPSA) is 64.9 Å². The number of aromatic nitrogens is 4. The average molecular weight is 275 g/mol. The zero-order chi connectivity index (χ0) is 14.7. The SMILES string of the molecule is CCCNc1cc(C)nc(-c2c(C)nn(C)c2OC)n1. The lowest BCUT2D eigenvalue weighted by molar-refractivity contribution is 0.374. The van der Waals surface area contributed by atoms with Gasteiger partial charge in [0.15, 0.2) is 5.82 Å². The van der Waals surface area contributed by atoms with Crippen molar-refractivity contribution >= 4 is 5.82 Å². The summed E-state index contributed by atoms with van der Waals surface area (Å²) in [6.07, 6.45) is 1.05. The molecule has 20 heavy (non-hydrogen) atoms. The summed E-state index contributed by atoms with van der Waals surface area (Å²) in [5.74, 6) is 2.15. The first-order valence-corrected chi connectivity index (χ1v) is 6.74. The Bertz CT molecular complexity index is 606. The van der Waals surface area contributed by atoms with Crippen LogP contribution in [0.2, 0.25) is 0 Å². The summed E-state index contributed by atoms with van der Waals surface area (Å²) in [4.78, 5) is 9.08. The molecule has 0 aromatic carbocycles. The van der Waals surface area contributed by atoms with E-state index in [2.05, 4.69) is 27.3 Å². The molecule has 1 N–H and O–H groups in total. The molecule has 108 valence electrons. The van der Waals surface area contributed by atoms with E-state index in [1.165, 1.54) is 0 Å². The highest BCUT2D eigenvalue weighted by atomic mass is 16.5. The van der Waals surface area contributed by atoms with Crippen molar-refractivity contribution in [1.29, 1.82) is 0 Å². The molecule has 0 atom stereocenters. The van der Waals surface area contributed by atoms with Crippen LogP contribution < -0.4 is 10.1 Å². The van der Waals surface area contributed by atoms with Crippen LogP contribution in [-0.4, -0.2) is 33.4 Å². The van der Waals surface area contributed by atoms with Gasteiger partial charge in [-0.25, -0.2) is 14.6 Å². The molecule has 0 radical (unpaired) electrons. The van der Waals surface area contributed by atoms with Crippen LogP contribution in [0, 0.1) is 13.8 Å². The Balaban J connectivity index is 2.49. The van der Waals surface area contributed by atoms with E-state index in [0.29, 0.717) is 11.7 Å². The summed E-state index contributed by atoms with van der Waals surface area (Å²) >= 11 is 0. The van der Waals surface area contributed by atoms with Crippen molar-refractivity contribution in [2.24, 2.45) is 7.05 Å². The summed E-state index contributed by atoms with van der Waals surface area (Å²) < 4.78 is 7.12. The molecule has 2 aromatic rings. The summed E-state index contributed by atoms with van der Waals surface area (Å²) in [6.45, 7) is 6.90. The van der Waals surface area contributed by atoms with Crippen molar-refractivity contribution in [2.75, 3.05) is 19.0 Å². The minimum atomic E-state index is 0.644. The maximum Gasteiger partial charge on any atom is 0.222 e. The Morgan fingerprint density at radius 3 is 2.70 bits per heavy atom. The number of methoxy groups -OCH3 is 1. The number of nitrogens with zero attached hydrogens (tertiary/aromatic N) is 4. The molecule has 0 spiro atoms. The van der Waals surface area contributed by atoms with E-state index in [4.69, 9.17) is 4.74 Å². The van der Waals surface area contributed by atoms with Gasteiger partial charge < -0.3 is 10.1 Å². The highest BCUT2D eigenvalue weighted by molar-refractivity contribution is 5.66. The molecule has 0 aliphatic heterocycles. The number of rotatable bonds is 5. The number of hydrogen-bond acceptors (Lipinski definition) is 5. The maximum atomic E-state index is 5.41. The number of hydrogen-bond donors (Lipinski definition) is 1. The first-order chi connectivity index (χ1) is 9.56. The minimum absolute atomic E-state index is 0.644. The third-order valence-corrected chi connectivity index (χ3v) is 3.00. The van der Waals surface area contributed by atoms with Gasteiger partial charge in [0.1, 0.15) is 11.4 Å². The summed E-state index contributed by atoms with van der Waals surface area (Å²) in [7, 11) is 3.48. The van der Waals surface area contributed by atoms with Gasteiger partial charge in [0.25, 0.3) is 0 Å². The van der Waals surface area contributed by atoms with E-state index in [-0.39, 0.29) is 0 Å². The van der Waals surface area contributed by atoms with Gasteiger partial charge in [-0.15, -0.1) is 0 Å². The van der Waals surface area contributed by atoms with Gasteiger partial charge in [-0.1, -0.05) is 6.92 Å². The van der Waals surface area contributed by atoms with E-state index in [9.17, 15) is 0 Å². The Morgan fingerprint density at radius 2 is 2.05 bits per heavy atom. The van der Waals surface area contributed by atoms with Gasteiger partial charge in [-0.3, -0.25) is 0 Å². The zero-order valence-electron chi connectivity index (χ0n) is 12.7. The normalized spacial score (nSPS) is 10.7. The molecule has 6 heteroatoms. The Hall–Kier alpha value is -2.11. The second kappa shape index (κ2) is 5.90. The lowest BCUT2D eigenvalue weighted by Gasteiger charge is -2.08. The van der Waals surface area contributed by atoms with E-state index in [0.717, 1.165) is 35.7 Å². The van der Waals surface area contributed by atoms with Gasteiger partial charge in [-0.05, 0) is 20.3 Å². The molecule has 0 saturated heterocycles. The lowest BCUT2D eigenvalue weighted by Crippen LogP contribution is -2.05. The molecule has 0 amide bonds. The Labute approximate surface area is 119 Å². The fourth-order valence-corrected chi connectivity index (χ4v) is 2.15. The van der Waals surface area contributed by atoms with Crippen LogP contribution in [0.25, 0.3) is 11.4 Å². The number of ether oxygens (including phenoxy) is 1. The second-order valence-corrected chi connectivity index (χ2v) is 4.74. The van der Waals surface area contributed by atoms with Crippen LogP contribution in [-0.2, 0) is 7.05 Å². The monoisotopic (exact) mass is 275 g/mol. The Kier molecular flexibility index (Phi) is 4.22. The van der Waals surface area contributed by atoms with Crippen LogP contribution in [0.5, 0.6) is 5.88 Å². The standard InChI is InChI=1S/C14H21N5O/c1-6-7-15-11-8-9(2)16-13(17-11)12-10(3)18-19(4)14(12)20-5/h8H,6-7H2,1-5H3,(H,15,16,17). The van der Waals surface area contributed by atoms with Crippen LogP contribution in [0.15, 0.2) is 6.07 Å². The molecular formula is C14H21N5O. The molecule has 0 unspecified atom stereocenters. The molecule has 0 fully saturated rings. The van der Waals surface area contributed by atoms with Crippen molar-refractivity contribution in [3.63, 3.8) is 0 Å². The molecule has 2 aromatic heterocycles. The Morgan fingerprint density at radius 1 is 1.30 bits per heavy atom. The third-order valence-electron chi connectivity index (χ3n) is 3.00. The number of aryl methyl sites for hydroxylation is 3. The fourth-order valence-electron chi connectivity index (χ4n) is 2.15. The second-order valence-electron chi connectivity index (χ2n) is 4.74. The summed E-state index contributed by atoms with van der Waals surface area (Å²) in [5.41, 5.74) is 2.62. The molecule has 0 saturated carbocycles. The van der Waals surface area contributed by atoms with Crippen LogP contribution in [0.3, 0.4) is 0 Å². The van der Waals surface area contributed by atoms with Crippen LogP contribution in [0.1, 0.15) is 24.7 Å². The van der Waals surface area contributed by atoms with Crippen molar-refractivity contribution in [1.82, 2.24) is 19.7 Å². The predicted molar refractivity (Wildman–Crippen MR) is 79.0 cm³/mol. The van der Waals surface area contributed by atoms with Crippen LogP contribution in [0.4, 0.5) is 5.82 Å². The molecule has 2 rings (SSSR count). The predicted octanol–water partition coefficient (Wildman–Crippen LogP) is 2.32. The molecule has 0 bridgehead atoms. The van der Waals surface area contributed by atoms with Gasteiger partial charge in [0, 0.05) is 25.4 Å². The maximum absolute atomic E-state index is 5.41. The number of nitrogens with one attached hydrogen (secondary N) is 1. The largest absolute Gasteiger partial charge is 0.481 e.